The van der Waals surface area contributed by atoms with Crippen molar-refractivity contribution >= 4 is 0 Å². The van der Waals surface area contributed by atoms with Crippen LogP contribution in [0.2, 0.25) is 0 Å². The van der Waals surface area contributed by atoms with Crippen molar-refractivity contribution in [3.63, 3.8) is 0 Å². The molecule has 2 nitrogen and oxygen atoms in total. The van der Waals surface area contributed by atoms with E-state index in [0.29, 0.717) is 12.8 Å². The lowest BCUT2D eigenvalue weighted by atomic mass is 9.88. The van der Waals surface area contributed by atoms with Gasteiger partial charge in [-0.05, 0) is 40.0 Å². The molecule has 128 valence electrons. The average Bonchev–Trinajstić information content (AvgIpc) is 2.38. The summed E-state index contributed by atoms with van der Waals surface area (Å²) in [6.45, 7) is 7.79. The van der Waals surface area contributed by atoms with E-state index >= 15 is 0 Å². The third-order valence-corrected chi connectivity index (χ3v) is 4.34. The van der Waals surface area contributed by atoms with Crippen molar-refractivity contribution in [3.05, 3.63) is 0 Å². The normalized spacial score (nSPS) is 15.1. The van der Waals surface area contributed by atoms with Crippen LogP contribution in [0.15, 0.2) is 0 Å². The molecule has 0 aromatic rings. The summed E-state index contributed by atoms with van der Waals surface area (Å²) in [6.07, 6.45) is 15.5. The molecule has 0 aliphatic rings. The van der Waals surface area contributed by atoms with E-state index < -0.39 is 11.2 Å². The summed E-state index contributed by atoms with van der Waals surface area (Å²) in [4.78, 5) is 0. The van der Waals surface area contributed by atoms with Gasteiger partial charge in [-0.15, -0.1) is 0 Å². The number of unbranched alkanes of at least 4 members (excludes halogenated alkanes) is 9. The molecule has 0 fully saturated rings. The minimum atomic E-state index is -0.665. The average molecular weight is 301 g/mol. The van der Waals surface area contributed by atoms with E-state index in [4.69, 9.17) is 0 Å². The first-order chi connectivity index (χ1) is 9.77. The quantitative estimate of drug-likeness (QED) is 0.410. The van der Waals surface area contributed by atoms with Crippen LogP contribution >= 0.6 is 0 Å². The molecule has 2 N–H and O–H groups in total. The summed E-state index contributed by atoms with van der Waals surface area (Å²) in [6, 6.07) is 0. The van der Waals surface area contributed by atoms with Crippen molar-refractivity contribution in [1.29, 1.82) is 0 Å². The van der Waals surface area contributed by atoms with Gasteiger partial charge in [0.1, 0.15) is 0 Å². The molecular formula is C19H40O2. The number of rotatable bonds is 14. The second-order valence-corrected chi connectivity index (χ2v) is 7.74. The Balaban J connectivity index is 3.40. The topological polar surface area (TPSA) is 40.5 Å². The zero-order valence-corrected chi connectivity index (χ0v) is 15.1. The predicted molar refractivity (Wildman–Crippen MR) is 92.6 cm³/mol. The van der Waals surface area contributed by atoms with Gasteiger partial charge in [0, 0.05) is 0 Å². The fraction of sp³-hybridized carbons (Fsp3) is 1.00. The molecule has 0 aromatic heterocycles. The standard InChI is InChI=1S/C19H40O2/c1-5-6-7-8-9-10-11-12-13-14-15-19(4,21)17-16-18(2,3)20/h20-21H,5-17H2,1-4H3. The van der Waals surface area contributed by atoms with Crippen molar-refractivity contribution < 1.29 is 10.2 Å². The maximum absolute atomic E-state index is 10.3. The van der Waals surface area contributed by atoms with E-state index in [-0.39, 0.29) is 0 Å². The molecule has 1 unspecified atom stereocenters. The van der Waals surface area contributed by atoms with Gasteiger partial charge >= 0.3 is 0 Å². The van der Waals surface area contributed by atoms with Gasteiger partial charge in [-0.3, -0.25) is 0 Å². The summed E-state index contributed by atoms with van der Waals surface area (Å²) >= 11 is 0. The molecule has 0 heterocycles. The molecular weight excluding hydrogens is 260 g/mol. The van der Waals surface area contributed by atoms with Crippen LogP contribution in [0.3, 0.4) is 0 Å². The second kappa shape index (κ2) is 11.5. The first kappa shape index (κ1) is 20.9. The third kappa shape index (κ3) is 16.1. The molecule has 1 atom stereocenters. The largest absolute Gasteiger partial charge is 0.390 e. The van der Waals surface area contributed by atoms with E-state index in [1.165, 1.54) is 57.8 Å². The van der Waals surface area contributed by atoms with Crippen LogP contribution in [0, 0.1) is 0 Å². The highest BCUT2D eigenvalue weighted by molar-refractivity contribution is 4.77. The molecule has 2 heteroatoms. The van der Waals surface area contributed by atoms with E-state index in [1.807, 2.05) is 20.8 Å². The van der Waals surface area contributed by atoms with Crippen LogP contribution in [0.1, 0.15) is 111 Å². The highest BCUT2D eigenvalue weighted by Crippen LogP contribution is 2.24. The summed E-state index contributed by atoms with van der Waals surface area (Å²) in [5.74, 6) is 0. The first-order valence-electron chi connectivity index (χ1n) is 9.21. The molecule has 0 saturated heterocycles. The van der Waals surface area contributed by atoms with Crippen molar-refractivity contribution in [2.45, 2.75) is 122 Å². The van der Waals surface area contributed by atoms with Crippen LogP contribution in [0.5, 0.6) is 0 Å². The van der Waals surface area contributed by atoms with E-state index in [0.717, 1.165) is 12.8 Å². The van der Waals surface area contributed by atoms with Crippen molar-refractivity contribution in [2.24, 2.45) is 0 Å². The minimum absolute atomic E-state index is 0.611. The maximum Gasteiger partial charge on any atom is 0.0620 e. The van der Waals surface area contributed by atoms with Gasteiger partial charge in [-0.25, -0.2) is 0 Å². The zero-order valence-electron chi connectivity index (χ0n) is 15.1. The first-order valence-corrected chi connectivity index (χ1v) is 9.21. The predicted octanol–water partition coefficient (Wildman–Crippen LogP) is 5.60. The summed E-state index contributed by atoms with van der Waals surface area (Å²) in [5, 5.41) is 20.0. The minimum Gasteiger partial charge on any atom is -0.390 e. The Morgan fingerprint density at radius 2 is 1.00 bits per heavy atom. The molecule has 0 amide bonds. The van der Waals surface area contributed by atoms with Crippen LogP contribution in [0.25, 0.3) is 0 Å². The molecule has 0 radical (unpaired) electrons. The lowest BCUT2D eigenvalue weighted by molar-refractivity contribution is -0.000182. The van der Waals surface area contributed by atoms with Gasteiger partial charge in [-0.2, -0.15) is 0 Å². The smallest absolute Gasteiger partial charge is 0.0620 e. The van der Waals surface area contributed by atoms with Crippen molar-refractivity contribution in [1.82, 2.24) is 0 Å². The highest BCUT2D eigenvalue weighted by Gasteiger charge is 2.23. The molecule has 0 spiro atoms. The fourth-order valence-electron chi connectivity index (χ4n) is 2.69. The monoisotopic (exact) mass is 300 g/mol. The molecule has 0 aliphatic carbocycles. The maximum atomic E-state index is 10.3. The molecule has 0 saturated carbocycles. The van der Waals surface area contributed by atoms with Gasteiger partial charge in [0.15, 0.2) is 0 Å². The van der Waals surface area contributed by atoms with Gasteiger partial charge in [0.2, 0.25) is 0 Å². The number of aliphatic hydroxyl groups is 2. The Labute approximate surface area is 133 Å². The van der Waals surface area contributed by atoms with Crippen LogP contribution in [-0.2, 0) is 0 Å². The van der Waals surface area contributed by atoms with Gasteiger partial charge in [0.05, 0.1) is 11.2 Å². The Hall–Kier alpha value is -0.0800. The Bertz CT molecular complexity index is 228. The van der Waals surface area contributed by atoms with E-state index in [9.17, 15) is 10.2 Å². The summed E-state index contributed by atoms with van der Waals surface area (Å²) in [7, 11) is 0. The molecule has 0 bridgehead atoms. The number of hydrogen-bond acceptors (Lipinski definition) is 2. The molecule has 0 aliphatic heterocycles. The van der Waals surface area contributed by atoms with Gasteiger partial charge < -0.3 is 10.2 Å². The van der Waals surface area contributed by atoms with Crippen molar-refractivity contribution in [3.8, 4) is 0 Å². The zero-order chi connectivity index (χ0) is 16.2. The summed E-state index contributed by atoms with van der Waals surface area (Å²) < 4.78 is 0. The summed E-state index contributed by atoms with van der Waals surface area (Å²) in [5.41, 5.74) is -1.28. The van der Waals surface area contributed by atoms with Gasteiger partial charge in [0.25, 0.3) is 0 Å². The fourth-order valence-corrected chi connectivity index (χ4v) is 2.69. The Kier molecular flexibility index (Phi) is 11.4. The Morgan fingerprint density at radius 3 is 1.43 bits per heavy atom. The van der Waals surface area contributed by atoms with Crippen LogP contribution < -0.4 is 0 Å². The Morgan fingerprint density at radius 1 is 0.571 bits per heavy atom. The van der Waals surface area contributed by atoms with E-state index in [1.54, 1.807) is 0 Å². The lowest BCUT2D eigenvalue weighted by Gasteiger charge is -2.27. The van der Waals surface area contributed by atoms with Crippen LogP contribution in [0.4, 0.5) is 0 Å². The van der Waals surface area contributed by atoms with Gasteiger partial charge in [-0.1, -0.05) is 71.1 Å². The second-order valence-electron chi connectivity index (χ2n) is 7.74. The third-order valence-electron chi connectivity index (χ3n) is 4.34. The highest BCUT2D eigenvalue weighted by atomic mass is 16.3. The molecule has 21 heavy (non-hydrogen) atoms. The van der Waals surface area contributed by atoms with Crippen LogP contribution in [-0.4, -0.2) is 21.4 Å². The molecule has 0 aromatic carbocycles. The lowest BCUT2D eigenvalue weighted by Crippen LogP contribution is -2.29. The molecule has 0 rings (SSSR count). The SMILES string of the molecule is CCCCCCCCCCCCC(C)(O)CCC(C)(C)O. The number of hydrogen-bond donors (Lipinski definition) is 2. The van der Waals surface area contributed by atoms with Crippen molar-refractivity contribution in [2.75, 3.05) is 0 Å². The van der Waals surface area contributed by atoms with E-state index in [2.05, 4.69) is 6.92 Å².